The quantitative estimate of drug-likeness (QED) is 0.676. The molecule has 13 heavy (non-hydrogen) atoms. The Labute approximate surface area is 79.0 Å². The van der Waals surface area contributed by atoms with Gasteiger partial charge in [0.25, 0.3) is 0 Å². The summed E-state index contributed by atoms with van der Waals surface area (Å²) in [6.45, 7) is 4.13. The predicted molar refractivity (Wildman–Crippen MR) is 51.4 cm³/mol. The van der Waals surface area contributed by atoms with E-state index in [1.807, 2.05) is 0 Å². The highest BCUT2D eigenvalue weighted by Crippen LogP contribution is 2.18. The Balaban J connectivity index is 2.60. The number of rotatable bonds is 4. The molecule has 0 saturated carbocycles. The number of carboxylic acid groups (broad SMARTS) is 1. The van der Waals surface area contributed by atoms with Crippen LogP contribution in [-0.2, 0) is 4.79 Å². The summed E-state index contributed by atoms with van der Waals surface area (Å²) in [6, 6.07) is 0. The molecule has 0 aromatic rings. The fourth-order valence-electron chi connectivity index (χ4n) is 1.72. The molecular weight excluding hydrogens is 166 g/mol. The van der Waals surface area contributed by atoms with Gasteiger partial charge in [-0.05, 0) is 19.3 Å². The molecule has 0 aromatic heterocycles. The summed E-state index contributed by atoms with van der Waals surface area (Å²) in [6.07, 6.45) is 5.64. The molecule has 0 spiro atoms. The Morgan fingerprint density at radius 2 is 2.08 bits per heavy atom. The smallest absolute Gasteiger partial charge is 0.330 e. The molecule has 1 heterocycles. The summed E-state index contributed by atoms with van der Waals surface area (Å²) in [5.41, 5.74) is 0.993. The molecule has 3 heteroatoms. The molecule has 0 bridgehead atoms. The molecular formula is C10H17NO2. The van der Waals surface area contributed by atoms with Crippen molar-refractivity contribution in [2.45, 2.75) is 32.6 Å². The van der Waals surface area contributed by atoms with Crippen LogP contribution in [0.2, 0.25) is 0 Å². The van der Waals surface area contributed by atoms with Crippen LogP contribution in [0.15, 0.2) is 11.8 Å². The molecule has 0 radical (unpaired) electrons. The van der Waals surface area contributed by atoms with Crippen molar-refractivity contribution in [2.24, 2.45) is 0 Å². The van der Waals surface area contributed by atoms with Gasteiger partial charge in [0.1, 0.15) is 0 Å². The topological polar surface area (TPSA) is 40.5 Å². The van der Waals surface area contributed by atoms with Crippen molar-refractivity contribution in [1.82, 2.24) is 4.90 Å². The highest BCUT2D eigenvalue weighted by Gasteiger charge is 2.14. The number of hydrogen-bond donors (Lipinski definition) is 1. The van der Waals surface area contributed by atoms with Crippen LogP contribution in [0.25, 0.3) is 0 Å². The zero-order chi connectivity index (χ0) is 9.68. The largest absolute Gasteiger partial charge is 0.478 e. The van der Waals surface area contributed by atoms with Crippen molar-refractivity contribution in [3.63, 3.8) is 0 Å². The molecule has 1 aliphatic rings. The van der Waals surface area contributed by atoms with Gasteiger partial charge in [-0.3, -0.25) is 0 Å². The van der Waals surface area contributed by atoms with E-state index in [0.29, 0.717) is 0 Å². The fourth-order valence-corrected chi connectivity index (χ4v) is 1.72. The third kappa shape index (κ3) is 3.09. The van der Waals surface area contributed by atoms with Crippen LogP contribution >= 0.6 is 0 Å². The molecule has 1 N–H and O–H groups in total. The summed E-state index contributed by atoms with van der Waals surface area (Å²) < 4.78 is 0. The molecule has 0 unspecified atom stereocenters. The van der Waals surface area contributed by atoms with E-state index < -0.39 is 5.97 Å². The SMILES string of the molecule is CCC/C(=C/C(=O)O)N1CCCC1. The van der Waals surface area contributed by atoms with Crippen molar-refractivity contribution in [3.05, 3.63) is 11.8 Å². The lowest BCUT2D eigenvalue weighted by Crippen LogP contribution is -2.19. The molecule has 1 rings (SSSR count). The van der Waals surface area contributed by atoms with Gasteiger partial charge in [-0.2, -0.15) is 0 Å². The van der Waals surface area contributed by atoms with Gasteiger partial charge in [0, 0.05) is 24.9 Å². The molecule has 74 valence electrons. The molecule has 0 aromatic carbocycles. The first-order valence-corrected chi connectivity index (χ1v) is 4.92. The van der Waals surface area contributed by atoms with Gasteiger partial charge >= 0.3 is 5.97 Å². The predicted octanol–water partition coefficient (Wildman–Crippen LogP) is 1.85. The van der Waals surface area contributed by atoms with Crippen molar-refractivity contribution in [3.8, 4) is 0 Å². The Morgan fingerprint density at radius 1 is 1.46 bits per heavy atom. The lowest BCUT2D eigenvalue weighted by Gasteiger charge is -2.20. The number of hydrogen-bond acceptors (Lipinski definition) is 2. The molecule has 1 saturated heterocycles. The molecule has 0 atom stereocenters. The number of carboxylic acids is 1. The first-order valence-electron chi connectivity index (χ1n) is 4.92. The van der Waals surface area contributed by atoms with Crippen LogP contribution < -0.4 is 0 Å². The standard InChI is InChI=1S/C10H17NO2/c1-2-5-9(8-10(12)13)11-6-3-4-7-11/h8H,2-7H2,1H3,(H,12,13)/b9-8-. The molecule has 0 amide bonds. The Bertz CT molecular complexity index is 205. The second-order valence-corrected chi connectivity index (χ2v) is 3.42. The van der Waals surface area contributed by atoms with E-state index in [1.54, 1.807) is 0 Å². The van der Waals surface area contributed by atoms with Crippen molar-refractivity contribution >= 4 is 5.97 Å². The summed E-state index contributed by atoms with van der Waals surface area (Å²) in [5, 5.41) is 8.67. The zero-order valence-corrected chi connectivity index (χ0v) is 8.12. The first-order chi connectivity index (χ1) is 6.24. The van der Waals surface area contributed by atoms with Crippen LogP contribution in [0.1, 0.15) is 32.6 Å². The second kappa shape index (κ2) is 4.90. The molecule has 3 nitrogen and oxygen atoms in total. The van der Waals surface area contributed by atoms with Gasteiger partial charge in [0.2, 0.25) is 0 Å². The lowest BCUT2D eigenvalue weighted by molar-refractivity contribution is -0.131. The van der Waals surface area contributed by atoms with E-state index in [9.17, 15) is 4.79 Å². The van der Waals surface area contributed by atoms with E-state index in [4.69, 9.17) is 5.11 Å². The Kier molecular flexibility index (Phi) is 3.80. The van der Waals surface area contributed by atoms with Gasteiger partial charge in [0.15, 0.2) is 0 Å². The average Bonchev–Trinajstić information content (AvgIpc) is 2.54. The lowest BCUT2D eigenvalue weighted by atomic mass is 10.2. The second-order valence-electron chi connectivity index (χ2n) is 3.42. The Hall–Kier alpha value is -0.990. The average molecular weight is 183 g/mol. The van der Waals surface area contributed by atoms with Crippen LogP contribution in [0.4, 0.5) is 0 Å². The summed E-state index contributed by atoms with van der Waals surface area (Å²) in [4.78, 5) is 12.7. The number of nitrogens with zero attached hydrogens (tertiary/aromatic N) is 1. The summed E-state index contributed by atoms with van der Waals surface area (Å²) >= 11 is 0. The normalized spacial score (nSPS) is 17.9. The molecule has 1 fully saturated rings. The maximum Gasteiger partial charge on any atom is 0.330 e. The summed E-state index contributed by atoms with van der Waals surface area (Å²) in [7, 11) is 0. The third-order valence-corrected chi connectivity index (χ3v) is 2.31. The molecule has 0 aliphatic carbocycles. The van der Waals surface area contributed by atoms with E-state index in [0.717, 1.165) is 31.6 Å². The van der Waals surface area contributed by atoms with E-state index >= 15 is 0 Å². The maximum absolute atomic E-state index is 10.5. The minimum absolute atomic E-state index is 0.824. The summed E-state index contributed by atoms with van der Waals surface area (Å²) in [5.74, 6) is -0.824. The van der Waals surface area contributed by atoms with Crippen molar-refractivity contribution in [2.75, 3.05) is 13.1 Å². The highest BCUT2D eigenvalue weighted by atomic mass is 16.4. The highest BCUT2D eigenvalue weighted by molar-refractivity contribution is 5.80. The minimum atomic E-state index is -0.824. The van der Waals surface area contributed by atoms with Gasteiger partial charge < -0.3 is 10.0 Å². The maximum atomic E-state index is 10.5. The fraction of sp³-hybridized carbons (Fsp3) is 0.700. The third-order valence-electron chi connectivity index (χ3n) is 2.31. The van der Waals surface area contributed by atoms with E-state index in [2.05, 4.69) is 11.8 Å². The number of likely N-dealkylation sites (tertiary alicyclic amines) is 1. The van der Waals surface area contributed by atoms with Gasteiger partial charge in [0.05, 0.1) is 0 Å². The van der Waals surface area contributed by atoms with Gasteiger partial charge in [-0.25, -0.2) is 4.79 Å². The minimum Gasteiger partial charge on any atom is -0.478 e. The number of carbonyl (C=O) groups is 1. The first kappa shape index (κ1) is 10.1. The van der Waals surface area contributed by atoms with Crippen molar-refractivity contribution in [1.29, 1.82) is 0 Å². The van der Waals surface area contributed by atoms with Crippen LogP contribution in [-0.4, -0.2) is 29.1 Å². The van der Waals surface area contributed by atoms with Gasteiger partial charge in [-0.1, -0.05) is 13.3 Å². The van der Waals surface area contributed by atoms with Crippen LogP contribution in [0.5, 0.6) is 0 Å². The monoisotopic (exact) mass is 183 g/mol. The zero-order valence-electron chi connectivity index (χ0n) is 8.12. The number of aliphatic carboxylic acids is 1. The van der Waals surface area contributed by atoms with Crippen LogP contribution in [0.3, 0.4) is 0 Å². The van der Waals surface area contributed by atoms with E-state index in [1.165, 1.54) is 18.9 Å². The van der Waals surface area contributed by atoms with Crippen LogP contribution in [0, 0.1) is 0 Å². The molecule has 1 aliphatic heterocycles. The Morgan fingerprint density at radius 3 is 2.54 bits per heavy atom. The van der Waals surface area contributed by atoms with Crippen molar-refractivity contribution < 1.29 is 9.90 Å². The number of allylic oxidation sites excluding steroid dienone is 1. The van der Waals surface area contributed by atoms with Gasteiger partial charge in [-0.15, -0.1) is 0 Å². The van der Waals surface area contributed by atoms with E-state index in [-0.39, 0.29) is 0 Å².